The standard InChI is InChI=1S/C7H7NO2/c1-3-8-4-2-6(1)10-7-5-9-7/h1-4,7H,5H2. The van der Waals surface area contributed by atoms with Crippen molar-refractivity contribution in [2.75, 3.05) is 6.61 Å². The third-order valence-electron chi connectivity index (χ3n) is 1.22. The fourth-order valence-corrected chi connectivity index (χ4v) is 0.676. The fraction of sp³-hybridized carbons (Fsp3) is 0.286. The van der Waals surface area contributed by atoms with Gasteiger partial charge < -0.3 is 9.47 Å². The Kier molecular flexibility index (Phi) is 1.29. The third-order valence-corrected chi connectivity index (χ3v) is 1.22. The second-order valence-corrected chi connectivity index (χ2v) is 2.06. The number of hydrogen-bond donors (Lipinski definition) is 0. The number of rotatable bonds is 2. The molecule has 3 nitrogen and oxygen atoms in total. The molecule has 1 unspecified atom stereocenters. The molecular formula is C7H7NO2. The maximum Gasteiger partial charge on any atom is 0.223 e. The van der Waals surface area contributed by atoms with E-state index >= 15 is 0 Å². The Bertz CT molecular complexity index is 208. The van der Waals surface area contributed by atoms with E-state index in [1.165, 1.54) is 0 Å². The van der Waals surface area contributed by atoms with Crippen LogP contribution in [0, 0.1) is 0 Å². The van der Waals surface area contributed by atoms with Crippen LogP contribution in [0.4, 0.5) is 0 Å². The Morgan fingerprint density at radius 2 is 2.20 bits per heavy atom. The highest BCUT2D eigenvalue weighted by Crippen LogP contribution is 2.16. The van der Waals surface area contributed by atoms with Crippen molar-refractivity contribution in [1.29, 1.82) is 0 Å². The zero-order valence-corrected chi connectivity index (χ0v) is 5.36. The lowest BCUT2D eigenvalue weighted by molar-refractivity contribution is 0.179. The van der Waals surface area contributed by atoms with Crippen molar-refractivity contribution in [3.05, 3.63) is 24.5 Å². The van der Waals surface area contributed by atoms with Crippen LogP contribution < -0.4 is 4.74 Å². The summed E-state index contributed by atoms with van der Waals surface area (Å²) in [4.78, 5) is 3.85. The lowest BCUT2D eigenvalue weighted by Gasteiger charge is -1.98. The zero-order valence-electron chi connectivity index (χ0n) is 5.36. The van der Waals surface area contributed by atoms with Gasteiger partial charge in [-0.15, -0.1) is 0 Å². The van der Waals surface area contributed by atoms with E-state index in [9.17, 15) is 0 Å². The van der Waals surface area contributed by atoms with Crippen LogP contribution in [-0.2, 0) is 4.74 Å². The van der Waals surface area contributed by atoms with E-state index in [1.54, 1.807) is 12.4 Å². The molecule has 0 N–H and O–H groups in total. The van der Waals surface area contributed by atoms with E-state index in [4.69, 9.17) is 9.47 Å². The molecule has 0 saturated carbocycles. The van der Waals surface area contributed by atoms with E-state index < -0.39 is 0 Å². The van der Waals surface area contributed by atoms with Crippen LogP contribution in [-0.4, -0.2) is 17.9 Å². The molecule has 0 aromatic carbocycles. The summed E-state index contributed by atoms with van der Waals surface area (Å²) in [5.41, 5.74) is 0. The van der Waals surface area contributed by atoms with Crippen molar-refractivity contribution in [1.82, 2.24) is 4.98 Å². The Morgan fingerprint density at radius 1 is 1.50 bits per heavy atom. The predicted octanol–water partition coefficient (Wildman–Crippen LogP) is 0.817. The number of epoxide rings is 1. The van der Waals surface area contributed by atoms with Gasteiger partial charge in [0.2, 0.25) is 6.29 Å². The molecule has 0 amide bonds. The minimum Gasteiger partial charge on any atom is -0.462 e. The van der Waals surface area contributed by atoms with Crippen molar-refractivity contribution in [3.8, 4) is 5.75 Å². The highest BCUT2D eigenvalue weighted by Gasteiger charge is 2.24. The summed E-state index contributed by atoms with van der Waals surface area (Å²) in [5.74, 6) is 0.817. The van der Waals surface area contributed by atoms with Gasteiger partial charge in [0.15, 0.2) is 0 Å². The third kappa shape index (κ3) is 1.25. The smallest absolute Gasteiger partial charge is 0.223 e. The van der Waals surface area contributed by atoms with E-state index in [-0.39, 0.29) is 6.29 Å². The van der Waals surface area contributed by atoms with Crippen LogP contribution in [0.25, 0.3) is 0 Å². The van der Waals surface area contributed by atoms with Crippen molar-refractivity contribution in [2.24, 2.45) is 0 Å². The quantitative estimate of drug-likeness (QED) is 0.566. The SMILES string of the molecule is c1cc(OC2CO2)ccn1. The van der Waals surface area contributed by atoms with Crippen molar-refractivity contribution < 1.29 is 9.47 Å². The van der Waals surface area contributed by atoms with Gasteiger partial charge in [0.25, 0.3) is 0 Å². The van der Waals surface area contributed by atoms with Gasteiger partial charge in [-0.1, -0.05) is 0 Å². The summed E-state index contributed by atoms with van der Waals surface area (Å²) < 4.78 is 10.1. The fourth-order valence-electron chi connectivity index (χ4n) is 0.676. The highest BCUT2D eigenvalue weighted by atomic mass is 16.8. The lowest BCUT2D eigenvalue weighted by Crippen LogP contribution is -1.96. The van der Waals surface area contributed by atoms with E-state index in [0.29, 0.717) is 6.61 Å². The molecule has 1 fully saturated rings. The number of ether oxygens (including phenoxy) is 2. The molecule has 2 heterocycles. The van der Waals surface area contributed by atoms with Gasteiger partial charge >= 0.3 is 0 Å². The second-order valence-electron chi connectivity index (χ2n) is 2.06. The minimum absolute atomic E-state index is 0.0117. The molecule has 1 saturated heterocycles. The van der Waals surface area contributed by atoms with Gasteiger partial charge in [0, 0.05) is 12.4 Å². The first-order valence-corrected chi connectivity index (χ1v) is 3.13. The van der Waals surface area contributed by atoms with Gasteiger partial charge in [-0.3, -0.25) is 4.98 Å². The molecule has 10 heavy (non-hydrogen) atoms. The first kappa shape index (κ1) is 5.68. The minimum atomic E-state index is -0.0117. The molecule has 0 aliphatic carbocycles. The van der Waals surface area contributed by atoms with Crippen LogP contribution in [0.2, 0.25) is 0 Å². The summed E-state index contributed by atoms with van der Waals surface area (Å²) in [6.45, 7) is 0.711. The summed E-state index contributed by atoms with van der Waals surface area (Å²) in [6.07, 6.45) is 3.37. The summed E-state index contributed by atoms with van der Waals surface area (Å²) in [5, 5.41) is 0. The second kappa shape index (κ2) is 2.27. The van der Waals surface area contributed by atoms with E-state index in [2.05, 4.69) is 4.98 Å². The maximum absolute atomic E-state index is 5.26. The monoisotopic (exact) mass is 137 g/mol. The summed E-state index contributed by atoms with van der Waals surface area (Å²) >= 11 is 0. The number of nitrogens with zero attached hydrogens (tertiary/aromatic N) is 1. The lowest BCUT2D eigenvalue weighted by atomic mass is 10.5. The molecule has 2 rings (SSSR count). The van der Waals surface area contributed by atoms with Crippen LogP contribution in [0.1, 0.15) is 0 Å². The molecule has 0 radical (unpaired) electrons. The van der Waals surface area contributed by atoms with Crippen LogP contribution in [0.5, 0.6) is 5.75 Å². The van der Waals surface area contributed by atoms with Gasteiger partial charge in [-0.05, 0) is 12.1 Å². The molecular weight excluding hydrogens is 130 g/mol. The number of hydrogen-bond acceptors (Lipinski definition) is 3. The largest absolute Gasteiger partial charge is 0.462 e. The molecule has 1 atom stereocenters. The predicted molar refractivity (Wildman–Crippen MR) is 34.6 cm³/mol. The average molecular weight is 137 g/mol. The summed E-state index contributed by atoms with van der Waals surface area (Å²) in [7, 11) is 0. The van der Waals surface area contributed by atoms with Crippen LogP contribution >= 0.6 is 0 Å². The van der Waals surface area contributed by atoms with Crippen LogP contribution in [0.15, 0.2) is 24.5 Å². The average Bonchev–Trinajstić information content (AvgIpc) is 2.74. The molecule has 0 bridgehead atoms. The summed E-state index contributed by atoms with van der Waals surface area (Å²) in [6, 6.07) is 3.61. The molecule has 52 valence electrons. The van der Waals surface area contributed by atoms with Gasteiger partial charge in [0.05, 0.1) is 0 Å². The first-order valence-electron chi connectivity index (χ1n) is 3.13. The van der Waals surface area contributed by atoms with Gasteiger partial charge in [-0.2, -0.15) is 0 Å². The maximum atomic E-state index is 5.26. The molecule has 1 aliphatic rings. The van der Waals surface area contributed by atoms with Crippen molar-refractivity contribution >= 4 is 0 Å². The molecule has 1 aliphatic heterocycles. The Labute approximate surface area is 58.6 Å². The molecule has 3 heteroatoms. The Balaban J connectivity index is 2.03. The molecule has 1 aromatic heterocycles. The molecule has 0 spiro atoms. The van der Waals surface area contributed by atoms with Crippen molar-refractivity contribution in [3.63, 3.8) is 0 Å². The van der Waals surface area contributed by atoms with E-state index in [1.807, 2.05) is 12.1 Å². The molecule has 1 aromatic rings. The Morgan fingerprint density at radius 3 is 2.80 bits per heavy atom. The zero-order chi connectivity index (χ0) is 6.81. The normalized spacial score (nSPS) is 22.2. The van der Waals surface area contributed by atoms with Crippen LogP contribution in [0.3, 0.4) is 0 Å². The Hall–Kier alpha value is -1.09. The van der Waals surface area contributed by atoms with Crippen molar-refractivity contribution in [2.45, 2.75) is 6.29 Å². The van der Waals surface area contributed by atoms with Gasteiger partial charge in [-0.25, -0.2) is 0 Å². The van der Waals surface area contributed by atoms with E-state index in [0.717, 1.165) is 5.75 Å². The van der Waals surface area contributed by atoms with Gasteiger partial charge in [0.1, 0.15) is 12.4 Å². The first-order chi connectivity index (χ1) is 4.95. The topological polar surface area (TPSA) is 34.6 Å². The number of aromatic nitrogens is 1. The number of pyridine rings is 1. The highest BCUT2D eigenvalue weighted by molar-refractivity contribution is 5.17.